The molecule has 24 heavy (non-hydrogen) atoms. The Morgan fingerprint density at radius 1 is 1.00 bits per heavy atom. The number of carbonyl (C=O) groups excluding carboxylic acids is 2. The zero-order valence-corrected chi connectivity index (χ0v) is 15.0. The van der Waals surface area contributed by atoms with Crippen molar-refractivity contribution in [1.29, 1.82) is 0 Å². The summed E-state index contributed by atoms with van der Waals surface area (Å²) in [5.74, 6) is -0.0971. The standard InChI is InChI=1S/C20H28N2O2/c1-15-14-16-10-6-7-11-17(16)22(15)19(24)20(2,3)18(23)21-12-8-4-5-9-13-21/h6-7,10-11,15H,4-5,8-9,12-14H2,1-3H3. The van der Waals surface area contributed by atoms with Gasteiger partial charge < -0.3 is 9.80 Å². The lowest BCUT2D eigenvalue weighted by molar-refractivity contribution is -0.147. The molecule has 0 saturated carbocycles. The number of fused-ring (bicyclic) bond motifs is 1. The Labute approximate surface area is 144 Å². The summed E-state index contributed by atoms with van der Waals surface area (Å²) in [6.45, 7) is 7.19. The van der Waals surface area contributed by atoms with Gasteiger partial charge in [0.05, 0.1) is 0 Å². The van der Waals surface area contributed by atoms with E-state index in [1.807, 2.05) is 28.0 Å². The van der Waals surface area contributed by atoms with Crippen LogP contribution in [0.2, 0.25) is 0 Å². The summed E-state index contributed by atoms with van der Waals surface area (Å²) in [5, 5.41) is 0. The Morgan fingerprint density at radius 2 is 1.62 bits per heavy atom. The van der Waals surface area contributed by atoms with Crippen molar-refractivity contribution in [2.24, 2.45) is 5.41 Å². The van der Waals surface area contributed by atoms with Crippen LogP contribution in [0.5, 0.6) is 0 Å². The van der Waals surface area contributed by atoms with E-state index in [9.17, 15) is 9.59 Å². The van der Waals surface area contributed by atoms with Gasteiger partial charge in [-0.2, -0.15) is 0 Å². The minimum atomic E-state index is -1.02. The third-order valence-corrected chi connectivity index (χ3v) is 5.39. The van der Waals surface area contributed by atoms with Crippen LogP contribution in [-0.2, 0) is 16.0 Å². The number of benzene rings is 1. The minimum absolute atomic E-state index is 0.0222. The van der Waals surface area contributed by atoms with Crippen LogP contribution < -0.4 is 4.90 Å². The minimum Gasteiger partial charge on any atom is -0.342 e. The number of hydrogen-bond donors (Lipinski definition) is 0. The first-order valence-electron chi connectivity index (χ1n) is 9.14. The zero-order valence-electron chi connectivity index (χ0n) is 15.0. The van der Waals surface area contributed by atoms with Gasteiger partial charge in [-0.1, -0.05) is 31.0 Å². The summed E-state index contributed by atoms with van der Waals surface area (Å²) in [7, 11) is 0. The lowest BCUT2D eigenvalue weighted by Crippen LogP contribution is -2.52. The second-order valence-electron chi connectivity index (χ2n) is 7.69. The van der Waals surface area contributed by atoms with E-state index in [1.54, 1.807) is 13.8 Å². The second kappa shape index (κ2) is 6.58. The molecule has 0 bridgehead atoms. The molecule has 0 aromatic heterocycles. The molecule has 1 aromatic carbocycles. The summed E-state index contributed by atoms with van der Waals surface area (Å²) >= 11 is 0. The highest BCUT2D eigenvalue weighted by Crippen LogP contribution is 2.36. The number of likely N-dealkylation sites (tertiary alicyclic amines) is 1. The number of amides is 2. The smallest absolute Gasteiger partial charge is 0.242 e. The van der Waals surface area contributed by atoms with Crippen molar-refractivity contribution in [2.45, 2.75) is 58.9 Å². The van der Waals surface area contributed by atoms with Crippen molar-refractivity contribution in [3.63, 3.8) is 0 Å². The van der Waals surface area contributed by atoms with Gasteiger partial charge in [-0.25, -0.2) is 0 Å². The van der Waals surface area contributed by atoms with Crippen molar-refractivity contribution in [2.75, 3.05) is 18.0 Å². The van der Waals surface area contributed by atoms with E-state index in [0.717, 1.165) is 38.0 Å². The molecule has 2 aliphatic rings. The van der Waals surface area contributed by atoms with Crippen LogP contribution in [0, 0.1) is 5.41 Å². The SMILES string of the molecule is CC1Cc2ccccc2N1C(=O)C(C)(C)C(=O)N1CCCCCC1. The monoisotopic (exact) mass is 328 g/mol. The van der Waals surface area contributed by atoms with E-state index < -0.39 is 5.41 Å². The maximum atomic E-state index is 13.3. The van der Waals surface area contributed by atoms with Gasteiger partial charge in [-0.05, 0) is 51.7 Å². The van der Waals surface area contributed by atoms with Crippen LogP contribution in [0.15, 0.2) is 24.3 Å². The Hall–Kier alpha value is -1.84. The first-order chi connectivity index (χ1) is 11.4. The van der Waals surface area contributed by atoms with Crippen LogP contribution in [0.4, 0.5) is 5.69 Å². The molecule has 0 spiro atoms. The first kappa shape index (κ1) is 17.0. The highest BCUT2D eigenvalue weighted by Gasteiger charge is 2.45. The fraction of sp³-hybridized carbons (Fsp3) is 0.600. The molecule has 1 aromatic rings. The van der Waals surface area contributed by atoms with Crippen molar-refractivity contribution < 1.29 is 9.59 Å². The molecule has 1 atom stereocenters. The van der Waals surface area contributed by atoms with Gasteiger partial charge in [0, 0.05) is 24.8 Å². The van der Waals surface area contributed by atoms with E-state index in [0.29, 0.717) is 0 Å². The Kier molecular flexibility index (Phi) is 4.66. The van der Waals surface area contributed by atoms with Crippen LogP contribution in [0.3, 0.4) is 0 Å². The Balaban J connectivity index is 1.83. The fourth-order valence-electron chi connectivity index (χ4n) is 3.94. The largest absolute Gasteiger partial charge is 0.342 e. The molecule has 4 heteroatoms. The number of nitrogens with zero attached hydrogens (tertiary/aromatic N) is 2. The van der Waals surface area contributed by atoms with Crippen LogP contribution in [0.25, 0.3) is 0 Å². The van der Waals surface area contributed by atoms with E-state index >= 15 is 0 Å². The summed E-state index contributed by atoms with van der Waals surface area (Å²) in [6.07, 6.45) is 5.29. The molecule has 0 radical (unpaired) electrons. The molecule has 1 saturated heterocycles. The highest BCUT2D eigenvalue weighted by molar-refractivity contribution is 6.12. The number of para-hydroxylation sites is 1. The average Bonchev–Trinajstić information content (AvgIpc) is 2.74. The molecule has 1 fully saturated rings. The van der Waals surface area contributed by atoms with Crippen LogP contribution in [0.1, 0.15) is 52.0 Å². The molecule has 2 aliphatic heterocycles. The molecule has 0 aliphatic carbocycles. The van der Waals surface area contributed by atoms with Gasteiger partial charge >= 0.3 is 0 Å². The summed E-state index contributed by atoms with van der Waals surface area (Å²) < 4.78 is 0. The van der Waals surface area contributed by atoms with Crippen molar-refractivity contribution >= 4 is 17.5 Å². The molecule has 3 rings (SSSR count). The van der Waals surface area contributed by atoms with Crippen LogP contribution >= 0.6 is 0 Å². The topological polar surface area (TPSA) is 40.6 Å². The molecular formula is C20H28N2O2. The maximum absolute atomic E-state index is 13.3. The number of carbonyl (C=O) groups is 2. The van der Waals surface area contributed by atoms with Gasteiger partial charge in [0.2, 0.25) is 11.8 Å². The van der Waals surface area contributed by atoms with E-state index in [4.69, 9.17) is 0 Å². The molecule has 130 valence electrons. The van der Waals surface area contributed by atoms with Gasteiger partial charge in [0.25, 0.3) is 0 Å². The molecule has 0 N–H and O–H groups in total. The van der Waals surface area contributed by atoms with E-state index in [-0.39, 0.29) is 17.9 Å². The van der Waals surface area contributed by atoms with E-state index in [1.165, 1.54) is 18.4 Å². The fourth-order valence-corrected chi connectivity index (χ4v) is 3.94. The van der Waals surface area contributed by atoms with Crippen molar-refractivity contribution in [3.8, 4) is 0 Å². The first-order valence-corrected chi connectivity index (χ1v) is 9.14. The normalized spacial score (nSPS) is 21.4. The van der Waals surface area contributed by atoms with E-state index in [2.05, 4.69) is 13.0 Å². The third-order valence-electron chi connectivity index (χ3n) is 5.39. The summed E-state index contributed by atoms with van der Waals surface area (Å²) in [4.78, 5) is 30.1. The lowest BCUT2D eigenvalue weighted by Gasteiger charge is -2.35. The average molecular weight is 328 g/mol. The number of anilines is 1. The summed E-state index contributed by atoms with van der Waals surface area (Å²) in [5.41, 5.74) is 1.14. The van der Waals surface area contributed by atoms with Gasteiger partial charge in [-0.15, -0.1) is 0 Å². The maximum Gasteiger partial charge on any atom is 0.242 e. The molecular weight excluding hydrogens is 300 g/mol. The summed E-state index contributed by atoms with van der Waals surface area (Å²) in [6, 6.07) is 8.13. The number of hydrogen-bond acceptors (Lipinski definition) is 2. The Bertz CT molecular complexity index is 630. The van der Waals surface area contributed by atoms with Gasteiger partial charge in [0.1, 0.15) is 5.41 Å². The predicted molar refractivity (Wildman–Crippen MR) is 95.9 cm³/mol. The lowest BCUT2D eigenvalue weighted by atomic mass is 9.89. The predicted octanol–water partition coefficient (Wildman–Crippen LogP) is 3.39. The molecule has 2 amide bonds. The second-order valence-corrected chi connectivity index (χ2v) is 7.69. The molecule has 2 heterocycles. The highest BCUT2D eigenvalue weighted by atomic mass is 16.2. The molecule has 1 unspecified atom stereocenters. The molecule has 4 nitrogen and oxygen atoms in total. The third kappa shape index (κ3) is 2.94. The van der Waals surface area contributed by atoms with Gasteiger partial charge in [-0.3, -0.25) is 9.59 Å². The zero-order chi connectivity index (χ0) is 17.3. The van der Waals surface area contributed by atoms with Crippen LogP contribution in [-0.4, -0.2) is 35.8 Å². The van der Waals surface area contributed by atoms with Gasteiger partial charge in [0.15, 0.2) is 0 Å². The van der Waals surface area contributed by atoms with Crippen molar-refractivity contribution in [1.82, 2.24) is 4.90 Å². The number of rotatable bonds is 2. The van der Waals surface area contributed by atoms with Crippen molar-refractivity contribution in [3.05, 3.63) is 29.8 Å². The quantitative estimate of drug-likeness (QED) is 0.781. The Morgan fingerprint density at radius 3 is 2.29 bits per heavy atom.